The van der Waals surface area contributed by atoms with Crippen molar-refractivity contribution < 1.29 is 27.4 Å². The normalized spacial score (nSPS) is 11.5. The first-order chi connectivity index (χ1) is 15.3. The van der Waals surface area contributed by atoms with Crippen LogP contribution in [0.2, 0.25) is 0 Å². The van der Waals surface area contributed by atoms with E-state index < -0.39 is 17.7 Å². The summed E-state index contributed by atoms with van der Waals surface area (Å²) in [5.74, 6) is 0.131. The smallest absolute Gasteiger partial charge is 0.416 e. The predicted octanol–water partition coefficient (Wildman–Crippen LogP) is 3.90. The fraction of sp³-hybridized carbons (Fsp3) is 0.190. The summed E-state index contributed by atoms with van der Waals surface area (Å²) in [6.07, 6.45) is -4.45. The Morgan fingerprint density at radius 1 is 1.09 bits per heavy atom. The quantitative estimate of drug-likeness (QED) is 0.432. The second kappa shape index (κ2) is 8.25. The van der Waals surface area contributed by atoms with Crippen molar-refractivity contribution in [1.29, 1.82) is 0 Å². The number of aryl methyl sites for hydroxylation is 1. The molecular weight excluding hydrogens is 427 g/mol. The van der Waals surface area contributed by atoms with Crippen LogP contribution in [0.5, 0.6) is 5.75 Å². The maximum atomic E-state index is 12.8. The SMILES string of the molecule is COc1ccc2nc(C)c(C(=O)OCc3nnnn3-c3ccc(C(F)(F)F)cc3)cc2c1. The topological polar surface area (TPSA) is 92.0 Å². The summed E-state index contributed by atoms with van der Waals surface area (Å²) in [5, 5.41) is 11.8. The lowest BCUT2D eigenvalue weighted by Gasteiger charge is -2.10. The van der Waals surface area contributed by atoms with Gasteiger partial charge < -0.3 is 9.47 Å². The molecule has 4 aromatic rings. The lowest BCUT2D eigenvalue weighted by atomic mass is 10.1. The Morgan fingerprint density at radius 2 is 1.84 bits per heavy atom. The van der Waals surface area contributed by atoms with Crippen LogP contribution in [0.4, 0.5) is 13.2 Å². The number of nitrogens with zero attached hydrogens (tertiary/aromatic N) is 5. The number of tetrazole rings is 1. The van der Waals surface area contributed by atoms with Gasteiger partial charge in [-0.05, 0) is 65.9 Å². The van der Waals surface area contributed by atoms with Crippen LogP contribution in [0, 0.1) is 6.92 Å². The molecule has 2 heterocycles. The minimum Gasteiger partial charge on any atom is -0.497 e. The highest BCUT2D eigenvalue weighted by molar-refractivity contribution is 5.95. The number of methoxy groups -OCH3 is 1. The zero-order valence-corrected chi connectivity index (χ0v) is 16.9. The number of aromatic nitrogens is 5. The average molecular weight is 443 g/mol. The summed E-state index contributed by atoms with van der Waals surface area (Å²) in [7, 11) is 1.54. The Hall–Kier alpha value is -4.02. The van der Waals surface area contributed by atoms with Crippen molar-refractivity contribution in [3.63, 3.8) is 0 Å². The molecule has 0 spiro atoms. The first-order valence-electron chi connectivity index (χ1n) is 9.33. The second-order valence-electron chi connectivity index (χ2n) is 6.81. The Morgan fingerprint density at radius 3 is 2.53 bits per heavy atom. The van der Waals surface area contributed by atoms with Gasteiger partial charge in [0.25, 0.3) is 0 Å². The summed E-state index contributed by atoms with van der Waals surface area (Å²) in [6.45, 7) is 1.40. The molecule has 2 aromatic carbocycles. The molecular formula is C21H16F3N5O3. The standard InChI is InChI=1S/C21H16F3N5O3/c1-12-17(10-13-9-16(31-2)7-8-18(13)25-12)20(30)32-11-19-26-27-28-29(19)15-5-3-14(4-6-15)21(22,23)24/h3-10H,11H2,1-2H3. The maximum Gasteiger partial charge on any atom is 0.416 e. The van der Waals surface area contributed by atoms with Crippen LogP contribution in [-0.4, -0.2) is 38.3 Å². The second-order valence-corrected chi connectivity index (χ2v) is 6.81. The number of fused-ring (bicyclic) bond motifs is 1. The maximum absolute atomic E-state index is 12.8. The van der Waals surface area contributed by atoms with Crippen molar-refractivity contribution in [2.24, 2.45) is 0 Å². The lowest BCUT2D eigenvalue weighted by molar-refractivity contribution is -0.137. The number of hydrogen-bond acceptors (Lipinski definition) is 7. The predicted molar refractivity (Wildman–Crippen MR) is 106 cm³/mol. The molecule has 0 unspecified atom stereocenters. The number of esters is 1. The molecule has 164 valence electrons. The number of alkyl halides is 3. The Labute approximate surface area is 179 Å². The van der Waals surface area contributed by atoms with Gasteiger partial charge in [-0.2, -0.15) is 17.9 Å². The zero-order chi connectivity index (χ0) is 22.9. The van der Waals surface area contributed by atoms with Gasteiger partial charge in [0, 0.05) is 5.39 Å². The van der Waals surface area contributed by atoms with E-state index in [-0.39, 0.29) is 18.0 Å². The molecule has 0 aliphatic heterocycles. The summed E-state index contributed by atoms with van der Waals surface area (Å²) in [6, 6.07) is 11.3. The molecule has 0 bridgehead atoms. The van der Waals surface area contributed by atoms with Gasteiger partial charge in [0.1, 0.15) is 5.75 Å². The Balaban J connectivity index is 1.53. The molecule has 0 atom stereocenters. The van der Waals surface area contributed by atoms with Crippen molar-refractivity contribution >= 4 is 16.9 Å². The van der Waals surface area contributed by atoms with Gasteiger partial charge in [-0.1, -0.05) is 0 Å². The van der Waals surface area contributed by atoms with E-state index in [1.54, 1.807) is 38.3 Å². The number of pyridine rings is 1. The molecule has 4 rings (SSSR count). The first-order valence-corrected chi connectivity index (χ1v) is 9.33. The van der Waals surface area contributed by atoms with Crippen LogP contribution in [0.3, 0.4) is 0 Å². The number of hydrogen-bond donors (Lipinski definition) is 0. The van der Waals surface area contributed by atoms with E-state index >= 15 is 0 Å². The van der Waals surface area contributed by atoms with Crippen LogP contribution in [0.1, 0.15) is 27.4 Å². The van der Waals surface area contributed by atoms with Gasteiger partial charge in [-0.3, -0.25) is 4.98 Å². The minimum atomic E-state index is -4.45. The summed E-state index contributed by atoms with van der Waals surface area (Å²) in [5.41, 5.74) is 0.948. The van der Waals surface area contributed by atoms with Crippen molar-refractivity contribution in [3.05, 3.63) is 71.2 Å². The molecule has 0 saturated heterocycles. The molecule has 0 fully saturated rings. The largest absolute Gasteiger partial charge is 0.497 e. The van der Waals surface area contributed by atoms with Crippen LogP contribution >= 0.6 is 0 Å². The van der Waals surface area contributed by atoms with Crippen molar-refractivity contribution in [3.8, 4) is 11.4 Å². The molecule has 8 nitrogen and oxygen atoms in total. The highest BCUT2D eigenvalue weighted by Crippen LogP contribution is 2.29. The van der Waals surface area contributed by atoms with Crippen molar-refractivity contribution in [2.45, 2.75) is 19.7 Å². The minimum absolute atomic E-state index is 0.145. The van der Waals surface area contributed by atoms with E-state index in [1.165, 1.54) is 16.8 Å². The van der Waals surface area contributed by atoms with E-state index in [4.69, 9.17) is 9.47 Å². The summed E-state index contributed by atoms with van der Waals surface area (Å²) < 4.78 is 50.0. The molecule has 0 radical (unpaired) electrons. The van der Waals surface area contributed by atoms with E-state index in [0.717, 1.165) is 12.1 Å². The third-order valence-corrected chi connectivity index (χ3v) is 4.74. The molecule has 0 N–H and O–H groups in total. The molecule has 11 heteroatoms. The van der Waals surface area contributed by atoms with E-state index in [0.29, 0.717) is 28.0 Å². The first kappa shape index (κ1) is 21.2. The van der Waals surface area contributed by atoms with Crippen molar-refractivity contribution in [2.75, 3.05) is 7.11 Å². The lowest BCUT2D eigenvalue weighted by Crippen LogP contribution is -2.12. The highest BCUT2D eigenvalue weighted by atomic mass is 19.4. The van der Waals surface area contributed by atoms with Crippen LogP contribution < -0.4 is 4.74 Å². The van der Waals surface area contributed by atoms with Gasteiger partial charge in [0.05, 0.1) is 35.1 Å². The van der Waals surface area contributed by atoms with Gasteiger partial charge >= 0.3 is 12.1 Å². The van der Waals surface area contributed by atoms with E-state index in [1.807, 2.05) is 0 Å². The number of ether oxygens (including phenoxy) is 2. The van der Waals surface area contributed by atoms with Crippen molar-refractivity contribution in [1.82, 2.24) is 25.2 Å². The molecule has 0 amide bonds. The molecule has 2 aromatic heterocycles. The summed E-state index contributed by atoms with van der Waals surface area (Å²) in [4.78, 5) is 17.1. The average Bonchev–Trinajstić information content (AvgIpc) is 3.25. The zero-order valence-electron chi connectivity index (χ0n) is 16.9. The molecule has 32 heavy (non-hydrogen) atoms. The molecule has 0 aliphatic rings. The van der Waals surface area contributed by atoms with Gasteiger partial charge in [0.15, 0.2) is 12.4 Å². The van der Waals surface area contributed by atoms with Crippen LogP contribution in [-0.2, 0) is 17.5 Å². The Kier molecular flexibility index (Phi) is 5.47. The van der Waals surface area contributed by atoms with E-state index in [2.05, 4.69) is 20.5 Å². The Bertz CT molecular complexity index is 1290. The van der Waals surface area contributed by atoms with E-state index in [9.17, 15) is 18.0 Å². The fourth-order valence-electron chi connectivity index (χ4n) is 3.08. The molecule has 0 aliphatic carbocycles. The number of carbonyl (C=O) groups is 1. The monoisotopic (exact) mass is 443 g/mol. The highest BCUT2D eigenvalue weighted by Gasteiger charge is 2.30. The fourth-order valence-corrected chi connectivity index (χ4v) is 3.08. The third-order valence-electron chi connectivity index (χ3n) is 4.74. The van der Waals surface area contributed by atoms with Gasteiger partial charge in [-0.25, -0.2) is 4.79 Å². The number of benzene rings is 2. The molecule has 0 saturated carbocycles. The number of carbonyl (C=O) groups excluding carboxylic acids is 1. The van der Waals surface area contributed by atoms with Gasteiger partial charge in [0.2, 0.25) is 0 Å². The van der Waals surface area contributed by atoms with Gasteiger partial charge in [-0.15, -0.1) is 5.10 Å². The summed E-state index contributed by atoms with van der Waals surface area (Å²) >= 11 is 0. The third kappa shape index (κ3) is 4.22. The van der Waals surface area contributed by atoms with Crippen LogP contribution in [0.15, 0.2) is 48.5 Å². The number of halogens is 3. The number of rotatable bonds is 5. The van der Waals surface area contributed by atoms with Crippen LogP contribution in [0.25, 0.3) is 16.6 Å².